The Morgan fingerprint density at radius 1 is 1.45 bits per heavy atom. The topological polar surface area (TPSA) is 69.6 Å². The van der Waals surface area contributed by atoms with E-state index in [-0.39, 0.29) is 17.6 Å². The Labute approximate surface area is 130 Å². The number of methoxy groups -OCH3 is 1. The average Bonchev–Trinajstić information content (AvgIpc) is 2.54. The van der Waals surface area contributed by atoms with Gasteiger partial charge in [-0.2, -0.15) is 0 Å². The number of hydrogen-bond acceptors (Lipinski definition) is 4. The normalized spacial score (nSPS) is 18.1. The predicted molar refractivity (Wildman–Crippen MR) is 84.0 cm³/mol. The van der Waals surface area contributed by atoms with Gasteiger partial charge in [0.15, 0.2) is 0 Å². The van der Waals surface area contributed by atoms with Crippen LogP contribution in [0.4, 0.5) is 5.69 Å². The van der Waals surface area contributed by atoms with E-state index in [0.29, 0.717) is 25.3 Å². The van der Waals surface area contributed by atoms with Crippen LogP contribution >= 0.6 is 0 Å². The molecule has 0 aliphatic carbocycles. The first-order chi connectivity index (χ1) is 10.7. The Hall–Kier alpha value is -1.66. The average molecular weight is 308 g/mol. The summed E-state index contributed by atoms with van der Waals surface area (Å²) < 4.78 is 12.1. The first-order valence-corrected chi connectivity index (χ1v) is 7.80. The summed E-state index contributed by atoms with van der Waals surface area (Å²) in [4.78, 5) is 23.7. The molecular weight excluding hydrogens is 284 g/mol. The molecule has 2 heterocycles. The predicted octanol–water partition coefficient (Wildman–Crippen LogP) is 1.78. The van der Waals surface area contributed by atoms with Crippen LogP contribution in [0.15, 0.2) is 23.1 Å². The van der Waals surface area contributed by atoms with Gasteiger partial charge in [0.2, 0.25) is 5.91 Å². The number of hydrogen-bond donors (Lipinski definition) is 1. The molecule has 1 aliphatic rings. The summed E-state index contributed by atoms with van der Waals surface area (Å²) in [5.41, 5.74) is 0.524. The zero-order chi connectivity index (χ0) is 15.8. The molecule has 22 heavy (non-hydrogen) atoms. The van der Waals surface area contributed by atoms with Crippen LogP contribution in [0.2, 0.25) is 0 Å². The summed E-state index contributed by atoms with van der Waals surface area (Å²) in [6, 6.07) is 3.08. The third-order valence-corrected chi connectivity index (χ3v) is 3.77. The first kappa shape index (κ1) is 16.7. The lowest BCUT2D eigenvalue weighted by atomic mass is 10.0. The standard InChI is InChI=1S/C16H24N2O4/c1-21-11-9-18-12-13(5-8-16(18)20)17-15(19)7-6-14-4-2-3-10-22-14/h5,8,12,14H,2-4,6-7,9-11H2,1H3,(H,17,19). The van der Waals surface area contributed by atoms with Crippen molar-refractivity contribution in [1.29, 1.82) is 0 Å². The van der Waals surface area contributed by atoms with Crippen LogP contribution in [-0.4, -0.2) is 36.9 Å². The fraction of sp³-hybridized carbons (Fsp3) is 0.625. The molecule has 0 radical (unpaired) electrons. The zero-order valence-electron chi connectivity index (χ0n) is 13.0. The van der Waals surface area contributed by atoms with E-state index in [9.17, 15) is 9.59 Å². The number of ether oxygens (including phenoxy) is 2. The third kappa shape index (κ3) is 5.27. The Kier molecular flexibility index (Phi) is 6.61. The van der Waals surface area contributed by atoms with Gasteiger partial charge in [0.1, 0.15) is 0 Å². The lowest BCUT2D eigenvalue weighted by Crippen LogP contribution is -2.23. The molecule has 0 aromatic carbocycles. The minimum Gasteiger partial charge on any atom is -0.383 e. The van der Waals surface area contributed by atoms with Crippen molar-refractivity contribution >= 4 is 11.6 Å². The molecule has 1 amide bonds. The summed E-state index contributed by atoms with van der Waals surface area (Å²) in [6.45, 7) is 1.72. The minimum absolute atomic E-state index is 0.0499. The molecule has 2 rings (SSSR count). The highest BCUT2D eigenvalue weighted by Gasteiger charge is 2.15. The van der Waals surface area contributed by atoms with E-state index in [2.05, 4.69) is 5.32 Å². The van der Waals surface area contributed by atoms with Gasteiger partial charge in [-0.1, -0.05) is 0 Å². The highest BCUT2D eigenvalue weighted by Crippen LogP contribution is 2.17. The summed E-state index contributed by atoms with van der Waals surface area (Å²) in [5.74, 6) is -0.0499. The van der Waals surface area contributed by atoms with E-state index in [4.69, 9.17) is 9.47 Å². The van der Waals surface area contributed by atoms with Crippen LogP contribution in [0.1, 0.15) is 32.1 Å². The van der Waals surface area contributed by atoms with E-state index in [0.717, 1.165) is 25.9 Å². The molecule has 1 saturated heterocycles. The smallest absolute Gasteiger partial charge is 0.250 e. The van der Waals surface area contributed by atoms with E-state index < -0.39 is 0 Å². The molecule has 1 unspecified atom stereocenters. The lowest BCUT2D eigenvalue weighted by molar-refractivity contribution is -0.117. The molecule has 1 aliphatic heterocycles. The highest BCUT2D eigenvalue weighted by molar-refractivity contribution is 5.90. The third-order valence-electron chi connectivity index (χ3n) is 3.77. The fourth-order valence-corrected chi connectivity index (χ4v) is 2.52. The molecule has 1 aromatic rings. The molecule has 0 spiro atoms. The van der Waals surface area contributed by atoms with Gasteiger partial charge in [-0.25, -0.2) is 0 Å². The number of amides is 1. The first-order valence-electron chi connectivity index (χ1n) is 7.80. The maximum absolute atomic E-state index is 12.0. The van der Waals surface area contributed by atoms with E-state index in [1.54, 1.807) is 19.4 Å². The maximum atomic E-state index is 12.0. The van der Waals surface area contributed by atoms with Crippen molar-refractivity contribution < 1.29 is 14.3 Å². The second kappa shape index (κ2) is 8.70. The van der Waals surface area contributed by atoms with Crippen molar-refractivity contribution in [2.75, 3.05) is 25.6 Å². The number of nitrogens with one attached hydrogen (secondary N) is 1. The van der Waals surface area contributed by atoms with Crippen LogP contribution in [-0.2, 0) is 20.8 Å². The second-order valence-corrected chi connectivity index (χ2v) is 5.52. The molecule has 6 nitrogen and oxygen atoms in total. The number of rotatable bonds is 7. The van der Waals surface area contributed by atoms with Gasteiger partial charge in [0.05, 0.1) is 18.4 Å². The summed E-state index contributed by atoms with van der Waals surface area (Å²) in [7, 11) is 1.59. The van der Waals surface area contributed by atoms with Crippen molar-refractivity contribution in [2.45, 2.75) is 44.8 Å². The monoisotopic (exact) mass is 308 g/mol. The number of aromatic nitrogens is 1. The van der Waals surface area contributed by atoms with Crippen LogP contribution < -0.4 is 10.9 Å². The van der Waals surface area contributed by atoms with Gasteiger partial charge in [-0.05, 0) is 31.7 Å². The zero-order valence-corrected chi connectivity index (χ0v) is 13.0. The molecule has 0 saturated carbocycles. The van der Waals surface area contributed by atoms with Crippen LogP contribution in [0.3, 0.4) is 0 Å². The number of carbonyl (C=O) groups is 1. The van der Waals surface area contributed by atoms with Gasteiger partial charge in [-0.15, -0.1) is 0 Å². The second-order valence-electron chi connectivity index (χ2n) is 5.52. The Bertz CT molecular complexity index is 535. The summed E-state index contributed by atoms with van der Waals surface area (Å²) in [5, 5.41) is 2.83. The molecule has 122 valence electrons. The van der Waals surface area contributed by atoms with Crippen molar-refractivity contribution in [3.05, 3.63) is 28.7 Å². The molecule has 0 bridgehead atoms. The van der Waals surface area contributed by atoms with Crippen LogP contribution in [0.5, 0.6) is 0 Å². The van der Waals surface area contributed by atoms with Gasteiger partial charge in [-0.3, -0.25) is 9.59 Å². The largest absolute Gasteiger partial charge is 0.383 e. The maximum Gasteiger partial charge on any atom is 0.250 e. The summed E-state index contributed by atoms with van der Waals surface area (Å²) >= 11 is 0. The van der Waals surface area contributed by atoms with Crippen molar-refractivity contribution in [2.24, 2.45) is 0 Å². The number of pyridine rings is 1. The Morgan fingerprint density at radius 2 is 2.32 bits per heavy atom. The molecule has 6 heteroatoms. The number of carbonyl (C=O) groups excluding carboxylic acids is 1. The van der Waals surface area contributed by atoms with Gasteiger partial charge >= 0.3 is 0 Å². The molecule has 1 N–H and O–H groups in total. The van der Waals surface area contributed by atoms with Crippen LogP contribution in [0, 0.1) is 0 Å². The molecule has 1 aromatic heterocycles. The number of anilines is 1. The van der Waals surface area contributed by atoms with E-state index in [1.165, 1.54) is 17.1 Å². The van der Waals surface area contributed by atoms with Gasteiger partial charge in [0, 0.05) is 38.9 Å². The Morgan fingerprint density at radius 3 is 3.05 bits per heavy atom. The Balaban J connectivity index is 1.83. The van der Waals surface area contributed by atoms with E-state index >= 15 is 0 Å². The molecule has 1 atom stereocenters. The fourth-order valence-electron chi connectivity index (χ4n) is 2.52. The minimum atomic E-state index is -0.106. The van der Waals surface area contributed by atoms with Gasteiger partial charge < -0.3 is 19.4 Å². The van der Waals surface area contributed by atoms with Crippen molar-refractivity contribution in [3.8, 4) is 0 Å². The summed E-state index contributed by atoms with van der Waals surface area (Å²) in [6.07, 6.45) is 6.36. The SMILES string of the molecule is COCCn1cc(NC(=O)CCC2CCCCO2)ccc1=O. The quantitative estimate of drug-likeness (QED) is 0.833. The van der Waals surface area contributed by atoms with Crippen LogP contribution in [0.25, 0.3) is 0 Å². The lowest BCUT2D eigenvalue weighted by Gasteiger charge is -2.22. The highest BCUT2D eigenvalue weighted by atomic mass is 16.5. The molecule has 1 fully saturated rings. The molecular formula is C16H24N2O4. The van der Waals surface area contributed by atoms with Gasteiger partial charge in [0.25, 0.3) is 5.56 Å². The van der Waals surface area contributed by atoms with E-state index in [1.807, 2.05) is 0 Å². The van der Waals surface area contributed by atoms with Crippen molar-refractivity contribution in [3.63, 3.8) is 0 Å². The van der Waals surface area contributed by atoms with Crippen molar-refractivity contribution in [1.82, 2.24) is 4.57 Å². The number of nitrogens with zero attached hydrogens (tertiary/aromatic N) is 1.